The molecule has 14 heavy (non-hydrogen) atoms. The highest BCUT2D eigenvalue weighted by molar-refractivity contribution is 5.77. The predicted octanol–water partition coefficient (Wildman–Crippen LogP) is 1.12. The highest BCUT2D eigenvalue weighted by Crippen LogP contribution is 2.17. The summed E-state index contributed by atoms with van der Waals surface area (Å²) in [5.74, 6) is 0.248. The standard InChI is InChI=1S/C8H6N4O2/c9-8-4-10-6-2-1-5(12(13)14)3-7(6)11-8/h1-4H,(H2,9,11). The van der Waals surface area contributed by atoms with Gasteiger partial charge in [-0.1, -0.05) is 0 Å². The smallest absolute Gasteiger partial charge is 0.271 e. The van der Waals surface area contributed by atoms with E-state index in [-0.39, 0.29) is 11.5 Å². The van der Waals surface area contributed by atoms with Crippen molar-refractivity contribution in [3.63, 3.8) is 0 Å². The number of nitrogen functional groups attached to an aromatic ring is 1. The zero-order chi connectivity index (χ0) is 10.1. The number of benzene rings is 1. The van der Waals surface area contributed by atoms with Gasteiger partial charge in [-0.25, -0.2) is 4.98 Å². The molecule has 0 amide bonds. The van der Waals surface area contributed by atoms with Crippen LogP contribution in [0.4, 0.5) is 11.5 Å². The van der Waals surface area contributed by atoms with Crippen molar-refractivity contribution in [2.24, 2.45) is 0 Å². The highest BCUT2D eigenvalue weighted by atomic mass is 16.6. The number of non-ortho nitro benzene ring substituents is 1. The lowest BCUT2D eigenvalue weighted by atomic mass is 10.2. The van der Waals surface area contributed by atoms with Crippen molar-refractivity contribution in [3.05, 3.63) is 34.5 Å². The molecule has 0 aliphatic heterocycles. The first kappa shape index (κ1) is 8.36. The highest BCUT2D eigenvalue weighted by Gasteiger charge is 2.07. The molecular weight excluding hydrogens is 184 g/mol. The summed E-state index contributed by atoms with van der Waals surface area (Å²) in [4.78, 5) is 17.9. The molecule has 0 bridgehead atoms. The fraction of sp³-hybridized carbons (Fsp3) is 0. The molecule has 1 aromatic heterocycles. The fourth-order valence-corrected chi connectivity index (χ4v) is 1.13. The topological polar surface area (TPSA) is 94.9 Å². The quantitative estimate of drug-likeness (QED) is 0.537. The summed E-state index contributed by atoms with van der Waals surface area (Å²) < 4.78 is 0. The minimum Gasteiger partial charge on any atom is -0.382 e. The van der Waals surface area contributed by atoms with Gasteiger partial charge in [0.2, 0.25) is 0 Å². The number of nitro groups is 1. The molecule has 0 aliphatic carbocycles. The maximum Gasteiger partial charge on any atom is 0.271 e. The van der Waals surface area contributed by atoms with Crippen LogP contribution in [-0.4, -0.2) is 14.9 Å². The summed E-state index contributed by atoms with van der Waals surface area (Å²) in [6, 6.07) is 4.27. The predicted molar refractivity (Wildman–Crippen MR) is 50.6 cm³/mol. The van der Waals surface area contributed by atoms with E-state index in [0.29, 0.717) is 11.0 Å². The van der Waals surface area contributed by atoms with E-state index in [4.69, 9.17) is 5.73 Å². The van der Waals surface area contributed by atoms with Gasteiger partial charge in [0.05, 0.1) is 22.2 Å². The van der Waals surface area contributed by atoms with Gasteiger partial charge in [-0.15, -0.1) is 0 Å². The van der Waals surface area contributed by atoms with Crippen LogP contribution in [0, 0.1) is 10.1 Å². The molecular formula is C8H6N4O2. The van der Waals surface area contributed by atoms with Gasteiger partial charge in [-0.3, -0.25) is 15.1 Å². The second kappa shape index (κ2) is 2.91. The van der Waals surface area contributed by atoms with Crippen LogP contribution in [0.5, 0.6) is 0 Å². The molecule has 0 fully saturated rings. The largest absolute Gasteiger partial charge is 0.382 e. The van der Waals surface area contributed by atoms with Gasteiger partial charge in [0.15, 0.2) is 0 Å². The van der Waals surface area contributed by atoms with Crippen LogP contribution in [0.15, 0.2) is 24.4 Å². The number of anilines is 1. The molecule has 1 aromatic carbocycles. The second-order valence-electron chi connectivity index (χ2n) is 2.72. The maximum atomic E-state index is 10.5. The summed E-state index contributed by atoms with van der Waals surface area (Å²) in [6.07, 6.45) is 1.41. The average Bonchev–Trinajstić information content (AvgIpc) is 2.16. The fourth-order valence-electron chi connectivity index (χ4n) is 1.13. The van der Waals surface area contributed by atoms with Crippen molar-refractivity contribution >= 4 is 22.5 Å². The van der Waals surface area contributed by atoms with Crippen molar-refractivity contribution in [2.45, 2.75) is 0 Å². The van der Waals surface area contributed by atoms with Crippen molar-refractivity contribution in [3.8, 4) is 0 Å². The van der Waals surface area contributed by atoms with Gasteiger partial charge in [0, 0.05) is 12.1 Å². The summed E-state index contributed by atoms with van der Waals surface area (Å²) in [5.41, 5.74) is 6.41. The molecule has 0 radical (unpaired) electrons. The number of fused-ring (bicyclic) bond motifs is 1. The van der Waals surface area contributed by atoms with E-state index in [1.807, 2.05) is 0 Å². The zero-order valence-electron chi connectivity index (χ0n) is 7.04. The number of nitrogens with two attached hydrogens (primary N) is 1. The molecule has 0 atom stereocenters. The lowest BCUT2D eigenvalue weighted by Crippen LogP contribution is -1.94. The Balaban J connectivity index is 2.69. The molecule has 6 nitrogen and oxygen atoms in total. The van der Waals surface area contributed by atoms with E-state index >= 15 is 0 Å². The summed E-state index contributed by atoms with van der Waals surface area (Å²) in [6.45, 7) is 0. The molecule has 0 unspecified atom stereocenters. The van der Waals surface area contributed by atoms with E-state index in [0.717, 1.165) is 0 Å². The molecule has 2 N–H and O–H groups in total. The Labute approximate surface area is 78.5 Å². The van der Waals surface area contributed by atoms with Gasteiger partial charge in [-0.2, -0.15) is 0 Å². The van der Waals surface area contributed by atoms with E-state index < -0.39 is 4.92 Å². The number of rotatable bonds is 1. The van der Waals surface area contributed by atoms with E-state index in [2.05, 4.69) is 9.97 Å². The SMILES string of the molecule is Nc1cnc2ccc([N+](=O)[O-])cc2n1. The summed E-state index contributed by atoms with van der Waals surface area (Å²) >= 11 is 0. The molecule has 0 saturated heterocycles. The van der Waals surface area contributed by atoms with Crippen molar-refractivity contribution in [2.75, 3.05) is 5.73 Å². The van der Waals surface area contributed by atoms with E-state index in [1.54, 1.807) is 6.07 Å². The molecule has 0 spiro atoms. The molecule has 2 rings (SSSR count). The van der Waals surface area contributed by atoms with Crippen LogP contribution in [0.2, 0.25) is 0 Å². The van der Waals surface area contributed by atoms with Gasteiger partial charge in [0.25, 0.3) is 5.69 Å². The molecule has 0 saturated carbocycles. The minimum atomic E-state index is -0.482. The lowest BCUT2D eigenvalue weighted by molar-refractivity contribution is -0.384. The van der Waals surface area contributed by atoms with Crippen LogP contribution in [-0.2, 0) is 0 Å². The monoisotopic (exact) mass is 190 g/mol. The van der Waals surface area contributed by atoms with E-state index in [9.17, 15) is 10.1 Å². The maximum absolute atomic E-state index is 10.5. The third kappa shape index (κ3) is 1.33. The normalized spacial score (nSPS) is 10.3. The molecule has 2 aromatic rings. The van der Waals surface area contributed by atoms with E-state index in [1.165, 1.54) is 18.3 Å². The minimum absolute atomic E-state index is 0.0163. The first-order valence-electron chi connectivity index (χ1n) is 3.83. The summed E-state index contributed by atoms with van der Waals surface area (Å²) in [5, 5.41) is 10.5. The third-order valence-corrected chi connectivity index (χ3v) is 1.76. The average molecular weight is 190 g/mol. The van der Waals surface area contributed by atoms with Crippen LogP contribution < -0.4 is 5.73 Å². The Bertz CT molecular complexity index is 512. The van der Waals surface area contributed by atoms with Crippen LogP contribution in [0.1, 0.15) is 0 Å². The Morgan fingerprint density at radius 3 is 2.86 bits per heavy atom. The Morgan fingerprint density at radius 1 is 1.36 bits per heavy atom. The zero-order valence-corrected chi connectivity index (χ0v) is 7.04. The van der Waals surface area contributed by atoms with Gasteiger partial charge >= 0.3 is 0 Å². The van der Waals surface area contributed by atoms with Gasteiger partial charge in [0.1, 0.15) is 5.82 Å². The summed E-state index contributed by atoms with van der Waals surface area (Å²) in [7, 11) is 0. The van der Waals surface area contributed by atoms with Crippen LogP contribution in [0.25, 0.3) is 11.0 Å². The van der Waals surface area contributed by atoms with Gasteiger partial charge in [-0.05, 0) is 6.07 Å². The van der Waals surface area contributed by atoms with Crippen LogP contribution in [0.3, 0.4) is 0 Å². The Kier molecular flexibility index (Phi) is 1.74. The third-order valence-electron chi connectivity index (χ3n) is 1.76. The van der Waals surface area contributed by atoms with Gasteiger partial charge < -0.3 is 5.73 Å². The molecule has 6 heteroatoms. The molecule has 70 valence electrons. The molecule has 1 heterocycles. The number of nitro benzene ring substituents is 1. The lowest BCUT2D eigenvalue weighted by Gasteiger charge is -1.97. The van der Waals surface area contributed by atoms with Crippen molar-refractivity contribution < 1.29 is 4.92 Å². The number of nitrogens with zero attached hydrogens (tertiary/aromatic N) is 3. The van der Waals surface area contributed by atoms with Crippen molar-refractivity contribution in [1.82, 2.24) is 9.97 Å². The first-order chi connectivity index (χ1) is 6.66. The number of hydrogen-bond donors (Lipinski definition) is 1. The first-order valence-corrected chi connectivity index (χ1v) is 3.83. The number of hydrogen-bond acceptors (Lipinski definition) is 5. The molecule has 0 aliphatic rings. The Hall–Kier alpha value is -2.24. The Morgan fingerprint density at radius 2 is 2.14 bits per heavy atom. The van der Waals surface area contributed by atoms with Crippen LogP contribution >= 0.6 is 0 Å². The van der Waals surface area contributed by atoms with Crippen molar-refractivity contribution in [1.29, 1.82) is 0 Å². The second-order valence-corrected chi connectivity index (χ2v) is 2.72. The number of aromatic nitrogens is 2.